The minimum atomic E-state index is -4.24. The highest BCUT2D eigenvalue weighted by Crippen LogP contribution is 2.34. The van der Waals surface area contributed by atoms with Crippen molar-refractivity contribution >= 4 is 5.78 Å². The van der Waals surface area contributed by atoms with E-state index in [1.807, 2.05) is 0 Å². The van der Waals surface area contributed by atoms with Gasteiger partial charge in [-0.05, 0) is 19.4 Å². The summed E-state index contributed by atoms with van der Waals surface area (Å²) in [6.45, 7) is 2.48. The van der Waals surface area contributed by atoms with Gasteiger partial charge < -0.3 is 0 Å². The third-order valence-corrected chi connectivity index (χ3v) is 2.31. The summed E-state index contributed by atoms with van der Waals surface area (Å²) < 4.78 is 37.0. The summed E-state index contributed by atoms with van der Waals surface area (Å²) in [5, 5.41) is 0. The van der Waals surface area contributed by atoms with Gasteiger partial charge in [-0.2, -0.15) is 13.2 Å². The van der Waals surface area contributed by atoms with Crippen LogP contribution in [-0.2, 0) is 0 Å². The third-order valence-electron chi connectivity index (χ3n) is 2.31. The van der Waals surface area contributed by atoms with E-state index < -0.39 is 12.1 Å². The smallest absolute Gasteiger partial charge is 0.295 e. The molecule has 0 radical (unpaired) electrons. The predicted octanol–water partition coefficient (Wildman–Crippen LogP) is 3.56. The largest absolute Gasteiger partial charge is 0.395 e. The van der Waals surface area contributed by atoms with Crippen molar-refractivity contribution in [3.8, 4) is 0 Å². The predicted molar refractivity (Wildman–Crippen MR) is 50.9 cm³/mol. The molecule has 0 saturated heterocycles. The molecule has 0 bridgehead atoms. The van der Waals surface area contributed by atoms with Gasteiger partial charge in [0, 0.05) is 5.56 Å². The molecule has 1 unspecified atom stereocenters. The van der Waals surface area contributed by atoms with Crippen molar-refractivity contribution in [2.24, 2.45) is 0 Å². The summed E-state index contributed by atoms with van der Waals surface area (Å²) in [4.78, 5) is 10.9. The van der Waals surface area contributed by atoms with Crippen molar-refractivity contribution in [3.63, 3.8) is 0 Å². The van der Waals surface area contributed by atoms with Crippen LogP contribution in [0.3, 0.4) is 0 Å². The van der Waals surface area contributed by atoms with Crippen LogP contribution in [0.2, 0.25) is 0 Å². The summed E-state index contributed by atoms with van der Waals surface area (Å²) in [6, 6.07) is 5.52. The number of carbonyl (C=O) groups is 1. The maximum Gasteiger partial charge on any atom is 0.395 e. The van der Waals surface area contributed by atoms with E-state index in [1.165, 1.54) is 31.2 Å². The highest BCUT2D eigenvalue weighted by Gasteiger charge is 2.36. The van der Waals surface area contributed by atoms with E-state index in [9.17, 15) is 18.0 Å². The fourth-order valence-corrected chi connectivity index (χ4v) is 1.20. The minimum absolute atomic E-state index is 0.152. The first-order chi connectivity index (χ1) is 6.82. The van der Waals surface area contributed by atoms with Crippen LogP contribution in [0.15, 0.2) is 24.3 Å². The molecule has 1 aromatic carbocycles. The Morgan fingerprint density at radius 3 is 2.00 bits per heavy atom. The number of halogens is 3. The molecule has 0 aliphatic carbocycles. The number of Topliss-reactive ketones (excluding diaryl/α,β-unsaturated/α-hetero) is 1. The summed E-state index contributed by atoms with van der Waals surface area (Å²) in [5.41, 5.74) is 0.598. The van der Waals surface area contributed by atoms with Crippen LogP contribution >= 0.6 is 0 Å². The molecule has 0 fully saturated rings. The fraction of sp³-hybridized carbons (Fsp3) is 0.364. The number of hydrogen-bond acceptors (Lipinski definition) is 1. The second-order valence-electron chi connectivity index (χ2n) is 3.44. The normalized spacial score (nSPS) is 13.7. The first-order valence-corrected chi connectivity index (χ1v) is 4.50. The molecule has 15 heavy (non-hydrogen) atoms. The molecule has 1 rings (SSSR count). The Hall–Kier alpha value is -1.32. The van der Waals surface area contributed by atoms with E-state index in [1.54, 1.807) is 0 Å². The van der Waals surface area contributed by atoms with Gasteiger partial charge in [0.1, 0.15) is 0 Å². The Balaban J connectivity index is 2.94. The number of alkyl halides is 3. The van der Waals surface area contributed by atoms with Gasteiger partial charge in [-0.15, -0.1) is 0 Å². The topological polar surface area (TPSA) is 17.1 Å². The SMILES string of the molecule is CC(=O)c1ccc(C(C)C(F)(F)F)cc1. The molecule has 0 amide bonds. The highest BCUT2D eigenvalue weighted by atomic mass is 19.4. The second kappa shape index (κ2) is 4.04. The molecule has 1 nitrogen and oxygen atoms in total. The molecule has 4 heteroatoms. The van der Waals surface area contributed by atoms with Crippen molar-refractivity contribution < 1.29 is 18.0 Å². The molecule has 0 heterocycles. The molecular weight excluding hydrogens is 205 g/mol. The number of rotatable bonds is 2. The lowest BCUT2D eigenvalue weighted by atomic mass is 9.99. The van der Waals surface area contributed by atoms with E-state index >= 15 is 0 Å². The molecule has 0 spiro atoms. The summed E-state index contributed by atoms with van der Waals surface area (Å²) in [6.07, 6.45) is -4.24. The lowest BCUT2D eigenvalue weighted by Gasteiger charge is -2.15. The molecule has 82 valence electrons. The average molecular weight is 216 g/mol. The van der Waals surface area contributed by atoms with Crippen molar-refractivity contribution in [1.29, 1.82) is 0 Å². The monoisotopic (exact) mass is 216 g/mol. The zero-order chi connectivity index (χ0) is 11.6. The summed E-state index contributed by atoms with van der Waals surface area (Å²) >= 11 is 0. The standard InChI is InChI=1S/C11H11F3O/c1-7(11(12,13)14)9-3-5-10(6-4-9)8(2)15/h3-7H,1-2H3. The lowest BCUT2D eigenvalue weighted by Crippen LogP contribution is -2.17. The van der Waals surface area contributed by atoms with E-state index in [0.29, 0.717) is 5.56 Å². The van der Waals surface area contributed by atoms with Gasteiger partial charge in [0.2, 0.25) is 0 Å². The van der Waals surface area contributed by atoms with Gasteiger partial charge in [-0.25, -0.2) is 0 Å². The van der Waals surface area contributed by atoms with Crippen LogP contribution in [-0.4, -0.2) is 12.0 Å². The van der Waals surface area contributed by atoms with Crippen LogP contribution in [0.1, 0.15) is 35.7 Å². The lowest BCUT2D eigenvalue weighted by molar-refractivity contribution is -0.146. The van der Waals surface area contributed by atoms with Gasteiger partial charge >= 0.3 is 6.18 Å². The van der Waals surface area contributed by atoms with Crippen molar-refractivity contribution in [2.75, 3.05) is 0 Å². The molecule has 0 N–H and O–H groups in total. The van der Waals surface area contributed by atoms with Crippen LogP contribution in [0.5, 0.6) is 0 Å². The molecule has 0 saturated carbocycles. The fourth-order valence-electron chi connectivity index (χ4n) is 1.20. The minimum Gasteiger partial charge on any atom is -0.295 e. The number of ketones is 1. The molecular formula is C11H11F3O. The zero-order valence-corrected chi connectivity index (χ0v) is 8.43. The Kier molecular flexibility index (Phi) is 3.17. The molecule has 0 aliphatic heterocycles. The van der Waals surface area contributed by atoms with Crippen molar-refractivity contribution in [1.82, 2.24) is 0 Å². The first-order valence-electron chi connectivity index (χ1n) is 4.50. The van der Waals surface area contributed by atoms with Crippen LogP contribution in [0.25, 0.3) is 0 Å². The van der Waals surface area contributed by atoms with Gasteiger partial charge in [0.25, 0.3) is 0 Å². The Morgan fingerprint density at radius 1 is 1.20 bits per heavy atom. The number of carbonyl (C=O) groups excluding carboxylic acids is 1. The molecule has 1 atom stereocenters. The summed E-state index contributed by atoms with van der Waals surface area (Å²) in [7, 11) is 0. The Labute approximate surface area is 85.9 Å². The van der Waals surface area contributed by atoms with Crippen LogP contribution in [0, 0.1) is 0 Å². The van der Waals surface area contributed by atoms with E-state index in [4.69, 9.17) is 0 Å². The van der Waals surface area contributed by atoms with E-state index in [-0.39, 0.29) is 11.3 Å². The Morgan fingerprint density at radius 2 is 1.67 bits per heavy atom. The van der Waals surface area contributed by atoms with Gasteiger partial charge in [-0.1, -0.05) is 24.3 Å². The van der Waals surface area contributed by atoms with Crippen molar-refractivity contribution in [2.45, 2.75) is 25.9 Å². The maximum absolute atomic E-state index is 12.3. The quantitative estimate of drug-likeness (QED) is 0.691. The van der Waals surface area contributed by atoms with Crippen LogP contribution < -0.4 is 0 Å². The molecule has 0 aliphatic rings. The molecule has 1 aromatic rings. The van der Waals surface area contributed by atoms with Gasteiger partial charge in [0.15, 0.2) is 5.78 Å². The second-order valence-corrected chi connectivity index (χ2v) is 3.44. The Bertz CT molecular complexity index is 351. The van der Waals surface area contributed by atoms with Crippen molar-refractivity contribution in [3.05, 3.63) is 35.4 Å². The number of benzene rings is 1. The maximum atomic E-state index is 12.3. The highest BCUT2D eigenvalue weighted by molar-refractivity contribution is 5.94. The van der Waals surface area contributed by atoms with Gasteiger partial charge in [0.05, 0.1) is 5.92 Å². The summed E-state index contributed by atoms with van der Waals surface area (Å²) in [5.74, 6) is -1.65. The first kappa shape index (κ1) is 11.8. The van der Waals surface area contributed by atoms with E-state index in [0.717, 1.165) is 6.92 Å². The zero-order valence-electron chi connectivity index (χ0n) is 8.43. The number of hydrogen-bond donors (Lipinski definition) is 0. The van der Waals surface area contributed by atoms with Crippen LogP contribution in [0.4, 0.5) is 13.2 Å². The molecule has 0 aromatic heterocycles. The van der Waals surface area contributed by atoms with Gasteiger partial charge in [-0.3, -0.25) is 4.79 Å². The average Bonchev–Trinajstić information content (AvgIpc) is 2.15. The third kappa shape index (κ3) is 2.81. The van der Waals surface area contributed by atoms with E-state index in [2.05, 4.69) is 0 Å².